The summed E-state index contributed by atoms with van der Waals surface area (Å²) in [6.45, 7) is 3.26. The topological polar surface area (TPSA) is 66.6 Å². The first-order valence-electron chi connectivity index (χ1n) is 7.52. The summed E-state index contributed by atoms with van der Waals surface area (Å²) >= 11 is 0. The van der Waals surface area contributed by atoms with E-state index in [1.165, 1.54) is 17.5 Å². The zero-order valence-corrected chi connectivity index (χ0v) is 13.3. The number of piperidine rings is 1. The number of nitrogens with zero attached hydrogens (tertiary/aromatic N) is 2. The summed E-state index contributed by atoms with van der Waals surface area (Å²) in [4.78, 5) is 2.38. The Kier molecular flexibility index (Phi) is 3.84. The van der Waals surface area contributed by atoms with E-state index in [1.807, 2.05) is 6.07 Å². The van der Waals surface area contributed by atoms with Crippen LogP contribution in [0.3, 0.4) is 0 Å². The van der Waals surface area contributed by atoms with Gasteiger partial charge in [-0.3, -0.25) is 0 Å². The Balaban J connectivity index is 1.68. The largest absolute Gasteiger partial charge is 0.399 e. The van der Waals surface area contributed by atoms with Crippen molar-refractivity contribution in [2.75, 3.05) is 43.1 Å². The van der Waals surface area contributed by atoms with E-state index in [1.54, 1.807) is 4.31 Å². The smallest absolute Gasteiger partial charge is 0.211 e. The van der Waals surface area contributed by atoms with Crippen molar-refractivity contribution < 1.29 is 8.42 Å². The lowest BCUT2D eigenvalue weighted by atomic mass is 9.99. The SMILES string of the molecule is CS(=O)(=O)N1CCCC(CN2CCc3cc(N)ccc32)C1. The molecule has 21 heavy (non-hydrogen) atoms. The van der Waals surface area contributed by atoms with Gasteiger partial charge in [-0.2, -0.15) is 0 Å². The van der Waals surface area contributed by atoms with Gasteiger partial charge in [0.1, 0.15) is 0 Å². The normalized spacial score (nSPS) is 23.3. The first-order valence-corrected chi connectivity index (χ1v) is 9.37. The van der Waals surface area contributed by atoms with Crippen LogP contribution in [0.4, 0.5) is 11.4 Å². The number of hydrogen-bond donors (Lipinski definition) is 1. The summed E-state index contributed by atoms with van der Waals surface area (Å²) in [5.74, 6) is 0.414. The maximum Gasteiger partial charge on any atom is 0.211 e. The van der Waals surface area contributed by atoms with Gasteiger partial charge in [0.15, 0.2) is 0 Å². The third-order valence-electron chi connectivity index (χ3n) is 4.52. The fraction of sp³-hybridized carbons (Fsp3) is 0.600. The Morgan fingerprint density at radius 1 is 1.33 bits per heavy atom. The molecule has 3 rings (SSSR count). The molecule has 1 unspecified atom stereocenters. The van der Waals surface area contributed by atoms with Crippen molar-refractivity contribution in [3.8, 4) is 0 Å². The second kappa shape index (κ2) is 5.50. The molecule has 1 atom stereocenters. The predicted molar refractivity (Wildman–Crippen MR) is 85.9 cm³/mol. The predicted octanol–water partition coefficient (Wildman–Crippen LogP) is 1.30. The maximum absolute atomic E-state index is 11.7. The zero-order chi connectivity index (χ0) is 15.0. The first kappa shape index (κ1) is 14.7. The molecule has 0 saturated carbocycles. The number of nitrogens with two attached hydrogens (primary N) is 1. The van der Waals surface area contributed by atoms with E-state index in [9.17, 15) is 8.42 Å². The minimum Gasteiger partial charge on any atom is -0.399 e. The van der Waals surface area contributed by atoms with Gasteiger partial charge in [0, 0.05) is 37.6 Å². The van der Waals surface area contributed by atoms with E-state index in [0.717, 1.165) is 38.0 Å². The quantitative estimate of drug-likeness (QED) is 0.855. The fourth-order valence-electron chi connectivity index (χ4n) is 3.47. The molecule has 0 aromatic heterocycles. The highest BCUT2D eigenvalue weighted by Gasteiger charge is 2.29. The number of benzene rings is 1. The second-order valence-corrected chi connectivity index (χ2v) is 8.20. The van der Waals surface area contributed by atoms with Crippen molar-refractivity contribution >= 4 is 21.4 Å². The highest BCUT2D eigenvalue weighted by molar-refractivity contribution is 7.88. The lowest BCUT2D eigenvalue weighted by molar-refractivity contribution is 0.270. The van der Waals surface area contributed by atoms with E-state index in [2.05, 4.69) is 17.0 Å². The zero-order valence-electron chi connectivity index (χ0n) is 12.5. The van der Waals surface area contributed by atoms with Gasteiger partial charge in [-0.05, 0) is 48.9 Å². The molecule has 0 bridgehead atoms. The van der Waals surface area contributed by atoms with Crippen LogP contribution >= 0.6 is 0 Å². The van der Waals surface area contributed by atoms with Gasteiger partial charge >= 0.3 is 0 Å². The van der Waals surface area contributed by atoms with Crippen LogP contribution in [0.15, 0.2) is 18.2 Å². The average molecular weight is 309 g/mol. The van der Waals surface area contributed by atoms with Crippen molar-refractivity contribution in [1.29, 1.82) is 0 Å². The molecule has 5 nitrogen and oxygen atoms in total. The summed E-state index contributed by atoms with van der Waals surface area (Å²) in [5, 5.41) is 0. The number of fused-ring (bicyclic) bond motifs is 1. The van der Waals surface area contributed by atoms with E-state index >= 15 is 0 Å². The Labute approximate surface area is 126 Å². The Hall–Kier alpha value is -1.27. The van der Waals surface area contributed by atoms with Gasteiger partial charge in [-0.1, -0.05) is 0 Å². The van der Waals surface area contributed by atoms with Crippen molar-refractivity contribution in [2.45, 2.75) is 19.3 Å². The molecule has 6 heteroatoms. The molecule has 2 aliphatic rings. The highest BCUT2D eigenvalue weighted by Crippen LogP contribution is 2.31. The lowest BCUT2D eigenvalue weighted by Gasteiger charge is -2.34. The van der Waals surface area contributed by atoms with Crippen LogP contribution in [0.5, 0.6) is 0 Å². The molecule has 0 spiro atoms. The van der Waals surface area contributed by atoms with Crippen LogP contribution < -0.4 is 10.6 Å². The first-order chi connectivity index (χ1) is 9.93. The van der Waals surface area contributed by atoms with Crippen molar-refractivity contribution in [1.82, 2.24) is 4.31 Å². The van der Waals surface area contributed by atoms with Crippen molar-refractivity contribution in [3.63, 3.8) is 0 Å². The van der Waals surface area contributed by atoms with Crippen molar-refractivity contribution in [3.05, 3.63) is 23.8 Å². The fourth-order valence-corrected chi connectivity index (χ4v) is 4.41. The molecule has 1 fully saturated rings. The van der Waals surface area contributed by atoms with Crippen LogP contribution in [0.25, 0.3) is 0 Å². The summed E-state index contributed by atoms with van der Waals surface area (Å²) in [6, 6.07) is 6.09. The van der Waals surface area contributed by atoms with E-state index in [-0.39, 0.29) is 0 Å². The number of rotatable bonds is 3. The van der Waals surface area contributed by atoms with Crippen LogP contribution in [0, 0.1) is 5.92 Å². The summed E-state index contributed by atoms with van der Waals surface area (Å²) in [6.07, 6.45) is 4.40. The molecule has 0 aliphatic carbocycles. The maximum atomic E-state index is 11.7. The summed E-state index contributed by atoms with van der Waals surface area (Å²) in [7, 11) is -3.06. The molecule has 2 aliphatic heterocycles. The number of hydrogen-bond acceptors (Lipinski definition) is 4. The van der Waals surface area contributed by atoms with Crippen LogP contribution in [-0.2, 0) is 16.4 Å². The van der Waals surface area contributed by atoms with E-state index in [4.69, 9.17) is 5.73 Å². The Morgan fingerprint density at radius 3 is 2.90 bits per heavy atom. The number of anilines is 2. The third kappa shape index (κ3) is 3.16. The molecule has 0 radical (unpaired) electrons. The molecular formula is C15H23N3O2S. The van der Waals surface area contributed by atoms with Crippen LogP contribution in [0.2, 0.25) is 0 Å². The monoisotopic (exact) mass is 309 g/mol. The summed E-state index contributed by atoms with van der Waals surface area (Å²) in [5.41, 5.74) is 9.23. The number of sulfonamides is 1. The minimum absolute atomic E-state index is 0.414. The Bertz CT molecular complexity index is 630. The molecule has 2 N–H and O–H groups in total. The average Bonchev–Trinajstić information content (AvgIpc) is 2.80. The third-order valence-corrected chi connectivity index (χ3v) is 5.79. The van der Waals surface area contributed by atoms with E-state index < -0.39 is 10.0 Å². The van der Waals surface area contributed by atoms with Gasteiger partial charge in [0.25, 0.3) is 0 Å². The van der Waals surface area contributed by atoms with Gasteiger partial charge < -0.3 is 10.6 Å². The molecule has 1 saturated heterocycles. The van der Waals surface area contributed by atoms with E-state index in [0.29, 0.717) is 19.0 Å². The Morgan fingerprint density at radius 2 is 2.14 bits per heavy atom. The van der Waals surface area contributed by atoms with Gasteiger partial charge in [-0.25, -0.2) is 12.7 Å². The molecule has 116 valence electrons. The molecule has 0 amide bonds. The van der Waals surface area contributed by atoms with Gasteiger partial charge in [0.2, 0.25) is 10.0 Å². The second-order valence-electron chi connectivity index (χ2n) is 6.21. The summed E-state index contributed by atoms with van der Waals surface area (Å²) < 4.78 is 25.0. The molecular weight excluding hydrogens is 286 g/mol. The van der Waals surface area contributed by atoms with Gasteiger partial charge in [-0.15, -0.1) is 0 Å². The van der Waals surface area contributed by atoms with Crippen molar-refractivity contribution in [2.24, 2.45) is 5.92 Å². The minimum atomic E-state index is -3.06. The molecule has 2 heterocycles. The molecule has 1 aromatic carbocycles. The number of nitrogen functional groups attached to an aromatic ring is 1. The highest BCUT2D eigenvalue weighted by atomic mass is 32.2. The van der Waals surface area contributed by atoms with Crippen LogP contribution in [-0.4, -0.2) is 45.2 Å². The lowest BCUT2D eigenvalue weighted by Crippen LogP contribution is -2.43. The van der Waals surface area contributed by atoms with Crippen LogP contribution in [0.1, 0.15) is 18.4 Å². The molecule has 1 aromatic rings. The van der Waals surface area contributed by atoms with Gasteiger partial charge in [0.05, 0.1) is 6.26 Å². The standard InChI is InChI=1S/C15H23N3O2S/c1-21(19,20)18-7-2-3-12(11-18)10-17-8-6-13-9-14(16)4-5-15(13)17/h4-5,9,12H,2-3,6-8,10-11,16H2,1H3.